The molecule has 0 amide bonds. The minimum atomic E-state index is -0.431. The lowest BCUT2D eigenvalue weighted by Crippen LogP contribution is -2.26. The highest BCUT2D eigenvalue weighted by molar-refractivity contribution is 7.26. The Morgan fingerprint density at radius 3 is 1.64 bits per heavy atom. The molecule has 13 rings (SSSR count). The molecule has 1 nitrogen and oxygen atoms in total. The standard InChI is InChI=1S/C55H33NS2/c1-2-13-34(14-3-1)35-25-29-52-44(31-35)54-49(22-12-24-53(54)58-52)56(36-27-30-51-43(32-36)42-18-7-11-23-50(42)57-51)37-26-28-41-40-17-6-10-21-47(40)55(48(41)33-37)45-19-8-4-15-38(45)39-16-5-9-20-46(39)55/h1-33H. The van der Waals surface area contributed by atoms with Crippen LogP contribution >= 0.6 is 22.7 Å². The van der Waals surface area contributed by atoms with E-state index in [0.717, 1.165) is 11.4 Å². The van der Waals surface area contributed by atoms with E-state index < -0.39 is 5.41 Å². The normalized spacial score (nSPS) is 13.3. The van der Waals surface area contributed by atoms with Gasteiger partial charge in [0.2, 0.25) is 0 Å². The zero-order valence-electron chi connectivity index (χ0n) is 31.3. The van der Waals surface area contributed by atoms with Crippen LogP contribution in [0.2, 0.25) is 0 Å². The third-order valence-corrected chi connectivity index (χ3v) is 15.0. The van der Waals surface area contributed by atoms with Crippen LogP contribution in [0.4, 0.5) is 17.1 Å². The zero-order chi connectivity index (χ0) is 38.0. The molecule has 2 aromatic heterocycles. The Bertz CT molecular complexity index is 3420. The molecule has 0 aliphatic heterocycles. The number of thiophene rings is 2. The van der Waals surface area contributed by atoms with Crippen LogP contribution in [0.1, 0.15) is 22.3 Å². The van der Waals surface area contributed by atoms with E-state index in [1.165, 1.54) is 102 Å². The first kappa shape index (κ1) is 32.3. The van der Waals surface area contributed by atoms with E-state index in [2.05, 4.69) is 205 Å². The second-order valence-corrected chi connectivity index (χ2v) is 17.7. The molecule has 0 fully saturated rings. The van der Waals surface area contributed by atoms with E-state index in [1.54, 1.807) is 0 Å². The average Bonchev–Trinajstić information content (AvgIpc) is 4.02. The molecule has 0 saturated carbocycles. The molecule has 1 spiro atoms. The Labute approximate surface area is 344 Å². The van der Waals surface area contributed by atoms with Gasteiger partial charge in [-0.25, -0.2) is 0 Å². The summed E-state index contributed by atoms with van der Waals surface area (Å²) >= 11 is 3.75. The van der Waals surface area contributed by atoms with Gasteiger partial charge in [0.25, 0.3) is 0 Å². The highest BCUT2D eigenvalue weighted by Gasteiger charge is 2.51. The second kappa shape index (κ2) is 12.1. The summed E-state index contributed by atoms with van der Waals surface area (Å²) in [7, 11) is 0. The maximum Gasteiger partial charge on any atom is 0.0726 e. The summed E-state index contributed by atoms with van der Waals surface area (Å²) in [5.41, 5.74) is 16.2. The van der Waals surface area contributed by atoms with Crippen molar-refractivity contribution >= 4 is 80.1 Å². The van der Waals surface area contributed by atoms with Crippen LogP contribution in [0.15, 0.2) is 200 Å². The average molecular weight is 772 g/mol. The van der Waals surface area contributed by atoms with Gasteiger partial charge in [0.05, 0.1) is 11.1 Å². The fourth-order valence-electron chi connectivity index (χ4n) is 10.3. The molecule has 0 atom stereocenters. The molecule has 58 heavy (non-hydrogen) atoms. The molecule has 0 bridgehead atoms. The predicted octanol–water partition coefficient (Wildman–Crippen LogP) is 15.9. The number of benzene rings is 9. The molecule has 0 saturated heterocycles. The van der Waals surface area contributed by atoms with Crippen molar-refractivity contribution < 1.29 is 0 Å². The van der Waals surface area contributed by atoms with E-state index in [4.69, 9.17) is 0 Å². The van der Waals surface area contributed by atoms with Gasteiger partial charge in [-0.15, -0.1) is 22.7 Å². The maximum atomic E-state index is 2.54. The Morgan fingerprint density at radius 1 is 0.328 bits per heavy atom. The molecule has 0 radical (unpaired) electrons. The SMILES string of the molecule is c1ccc(-c2ccc3sc4cccc(N(c5ccc6c(c5)C5(c7ccccc7-c7ccccc75)c5ccccc5-6)c5ccc6sc7ccccc7c6c5)c4c3c2)cc1. The Balaban J connectivity index is 1.12. The molecule has 3 heteroatoms. The van der Waals surface area contributed by atoms with E-state index in [0.29, 0.717) is 0 Å². The van der Waals surface area contributed by atoms with Crippen molar-refractivity contribution in [3.05, 3.63) is 222 Å². The molecule has 2 heterocycles. The Morgan fingerprint density at radius 2 is 0.879 bits per heavy atom. The predicted molar refractivity (Wildman–Crippen MR) is 249 cm³/mol. The molecule has 0 N–H and O–H groups in total. The quantitative estimate of drug-likeness (QED) is 0.172. The summed E-state index contributed by atoms with van der Waals surface area (Å²) in [6.07, 6.45) is 0. The number of anilines is 3. The minimum Gasteiger partial charge on any atom is -0.310 e. The Kier molecular flexibility index (Phi) is 6.75. The summed E-state index contributed by atoms with van der Waals surface area (Å²) in [6, 6.07) is 75.1. The number of nitrogens with zero attached hydrogens (tertiary/aromatic N) is 1. The van der Waals surface area contributed by atoms with Gasteiger partial charge in [0.15, 0.2) is 0 Å². The summed E-state index contributed by atoms with van der Waals surface area (Å²) in [5, 5.41) is 5.16. The molecule has 9 aromatic carbocycles. The monoisotopic (exact) mass is 771 g/mol. The van der Waals surface area contributed by atoms with Crippen molar-refractivity contribution in [2.45, 2.75) is 5.41 Å². The maximum absolute atomic E-state index is 2.54. The van der Waals surface area contributed by atoms with Gasteiger partial charge in [-0.3, -0.25) is 0 Å². The highest BCUT2D eigenvalue weighted by atomic mass is 32.1. The van der Waals surface area contributed by atoms with Gasteiger partial charge in [-0.05, 0) is 116 Å². The summed E-state index contributed by atoms with van der Waals surface area (Å²) < 4.78 is 5.20. The third kappa shape index (κ3) is 4.35. The van der Waals surface area contributed by atoms with Crippen LogP contribution in [0.25, 0.3) is 73.7 Å². The largest absolute Gasteiger partial charge is 0.310 e. The third-order valence-electron chi connectivity index (χ3n) is 12.7. The second-order valence-electron chi connectivity index (χ2n) is 15.6. The van der Waals surface area contributed by atoms with Crippen LogP contribution in [-0.2, 0) is 5.41 Å². The summed E-state index contributed by atoms with van der Waals surface area (Å²) in [5.74, 6) is 0. The molecule has 270 valence electrons. The van der Waals surface area contributed by atoms with Crippen molar-refractivity contribution in [1.29, 1.82) is 0 Å². The zero-order valence-corrected chi connectivity index (χ0v) is 32.9. The number of hydrogen-bond acceptors (Lipinski definition) is 3. The van der Waals surface area contributed by atoms with E-state index >= 15 is 0 Å². The van der Waals surface area contributed by atoms with Crippen molar-refractivity contribution in [3.8, 4) is 33.4 Å². The first-order chi connectivity index (χ1) is 28.8. The van der Waals surface area contributed by atoms with Crippen LogP contribution in [-0.4, -0.2) is 0 Å². The van der Waals surface area contributed by atoms with Gasteiger partial charge in [-0.1, -0.05) is 140 Å². The van der Waals surface area contributed by atoms with Gasteiger partial charge >= 0.3 is 0 Å². The number of fused-ring (bicyclic) bond motifs is 16. The minimum absolute atomic E-state index is 0.431. The van der Waals surface area contributed by atoms with Gasteiger partial charge in [0.1, 0.15) is 0 Å². The smallest absolute Gasteiger partial charge is 0.0726 e. The van der Waals surface area contributed by atoms with Crippen molar-refractivity contribution in [2.24, 2.45) is 0 Å². The topological polar surface area (TPSA) is 3.24 Å². The van der Waals surface area contributed by atoms with Crippen molar-refractivity contribution in [3.63, 3.8) is 0 Å². The lowest BCUT2D eigenvalue weighted by molar-refractivity contribution is 0.793. The lowest BCUT2D eigenvalue weighted by Gasteiger charge is -2.32. The van der Waals surface area contributed by atoms with Crippen LogP contribution in [0.3, 0.4) is 0 Å². The Hall–Kier alpha value is -6.78. The van der Waals surface area contributed by atoms with Crippen LogP contribution < -0.4 is 4.90 Å². The van der Waals surface area contributed by atoms with E-state index in [-0.39, 0.29) is 0 Å². The summed E-state index contributed by atoms with van der Waals surface area (Å²) in [6.45, 7) is 0. The van der Waals surface area contributed by atoms with E-state index in [9.17, 15) is 0 Å². The molecule has 0 unspecified atom stereocenters. The van der Waals surface area contributed by atoms with Crippen molar-refractivity contribution in [2.75, 3.05) is 4.90 Å². The first-order valence-electron chi connectivity index (χ1n) is 19.9. The van der Waals surface area contributed by atoms with Crippen LogP contribution in [0, 0.1) is 0 Å². The number of rotatable bonds is 4. The summed E-state index contributed by atoms with van der Waals surface area (Å²) in [4.78, 5) is 2.54. The number of hydrogen-bond donors (Lipinski definition) is 0. The van der Waals surface area contributed by atoms with Gasteiger partial charge in [0, 0.05) is 51.7 Å². The van der Waals surface area contributed by atoms with Crippen molar-refractivity contribution in [1.82, 2.24) is 0 Å². The van der Waals surface area contributed by atoms with Crippen LogP contribution in [0.5, 0.6) is 0 Å². The van der Waals surface area contributed by atoms with Gasteiger partial charge in [-0.2, -0.15) is 0 Å². The fourth-order valence-corrected chi connectivity index (χ4v) is 12.5. The molecule has 2 aliphatic rings. The highest BCUT2D eigenvalue weighted by Crippen LogP contribution is 2.63. The fraction of sp³-hybridized carbons (Fsp3) is 0.0182. The molecule has 2 aliphatic carbocycles. The van der Waals surface area contributed by atoms with E-state index in [1.807, 2.05) is 22.7 Å². The molecular formula is C55H33NS2. The molecule has 11 aromatic rings. The molecular weight excluding hydrogens is 739 g/mol. The first-order valence-corrected chi connectivity index (χ1v) is 21.5. The lowest BCUT2D eigenvalue weighted by atomic mass is 9.70. The van der Waals surface area contributed by atoms with Gasteiger partial charge < -0.3 is 4.90 Å².